The van der Waals surface area contributed by atoms with Gasteiger partial charge in [0.05, 0.1) is 6.10 Å². The summed E-state index contributed by atoms with van der Waals surface area (Å²) in [6, 6.07) is 1.15. The lowest BCUT2D eigenvalue weighted by Gasteiger charge is -2.09. The molecule has 6 nitrogen and oxygen atoms in total. The lowest BCUT2D eigenvalue weighted by molar-refractivity contribution is 0.0328. The maximum atomic E-state index is 11.5. The molecule has 1 aromatic heterocycles. The van der Waals surface area contributed by atoms with E-state index < -0.39 is 16.0 Å². The molecule has 3 N–H and O–H groups in total. The third kappa shape index (κ3) is 3.07. The Morgan fingerprint density at radius 3 is 2.69 bits per heavy atom. The number of carbonyl (C=O) groups excluding carboxylic acids is 1. The van der Waals surface area contributed by atoms with Gasteiger partial charge in [-0.3, -0.25) is 0 Å². The molecule has 1 heterocycles. The van der Waals surface area contributed by atoms with Crippen molar-refractivity contribution in [3.05, 3.63) is 18.0 Å². The molecule has 0 aliphatic rings. The van der Waals surface area contributed by atoms with Crippen molar-refractivity contribution in [2.24, 2.45) is 5.14 Å². The van der Waals surface area contributed by atoms with Gasteiger partial charge in [0.15, 0.2) is 0 Å². The van der Waals surface area contributed by atoms with Gasteiger partial charge in [0.1, 0.15) is 10.6 Å². The number of primary sulfonamides is 1. The van der Waals surface area contributed by atoms with E-state index in [1.165, 1.54) is 0 Å². The van der Waals surface area contributed by atoms with Gasteiger partial charge in [-0.25, -0.2) is 18.4 Å². The number of nitrogens with two attached hydrogens (primary N) is 1. The number of nitrogens with one attached hydrogen (secondary N) is 1. The van der Waals surface area contributed by atoms with Crippen molar-refractivity contribution in [3.63, 3.8) is 0 Å². The highest BCUT2D eigenvalue weighted by molar-refractivity contribution is 7.89. The van der Waals surface area contributed by atoms with E-state index in [9.17, 15) is 13.2 Å². The van der Waals surface area contributed by atoms with Crippen LogP contribution >= 0.6 is 0 Å². The van der Waals surface area contributed by atoms with Gasteiger partial charge in [0.2, 0.25) is 10.0 Å². The van der Waals surface area contributed by atoms with E-state index in [2.05, 4.69) is 4.98 Å². The molecule has 0 aliphatic heterocycles. The number of aromatic nitrogens is 1. The first-order valence-corrected chi connectivity index (χ1v) is 6.31. The summed E-state index contributed by atoms with van der Waals surface area (Å²) in [5.74, 6) is -0.593. The number of ether oxygens (including phenoxy) is 1. The first-order chi connectivity index (χ1) is 7.34. The topological polar surface area (TPSA) is 102 Å². The van der Waals surface area contributed by atoms with Crippen molar-refractivity contribution in [1.82, 2.24) is 4.98 Å². The average molecular weight is 246 g/mol. The average Bonchev–Trinajstić information content (AvgIpc) is 2.65. The highest BCUT2D eigenvalue weighted by Crippen LogP contribution is 2.10. The Balaban J connectivity index is 2.83. The zero-order valence-corrected chi connectivity index (χ0v) is 9.87. The number of hydrogen-bond donors (Lipinski definition) is 2. The molecule has 90 valence electrons. The van der Waals surface area contributed by atoms with E-state index >= 15 is 0 Å². The lowest BCUT2D eigenvalue weighted by Crippen LogP contribution is -2.14. The van der Waals surface area contributed by atoms with Crippen molar-refractivity contribution >= 4 is 16.0 Å². The van der Waals surface area contributed by atoms with Crippen LogP contribution in [0.2, 0.25) is 0 Å². The summed E-state index contributed by atoms with van der Waals surface area (Å²) in [4.78, 5) is 13.8. The lowest BCUT2D eigenvalue weighted by atomic mass is 10.3. The molecule has 0 amide bonds. The van der Waals surface area contributed by atoms with Crippen molar-refractivity contribution in [2.45, 2.75) is 31.3 Å². The van der Waals surface area contributed by atoms with E-state index in [1.807, 2.05) is 6.92 Å². The number of hydrogen-bond acceptors (Lipinski definition) is 4. The minimum Gasteiger partial charge on any atom is -0.458 e. The normalized spacial score (nSPS) is 13.4. The van der Waals surface area contributed by atoms with Crippen LogP contribution in [0.3, 0.4) is 0 Å². The molecule has 1 unspecified atom stereocenters. The minimum atomic E-state index is -3.79. The first-order valence-electron chi connectivity index (χ1n) is 4.76. The number of aromatic amines is 1. The fraction of sp³-hybridized carbons (Fsp3) is 0.444. The van der Waals surface area contributed by atoms with Gasteiger partial charge in [-0.15, -0.1) is 0 Å². The first kappa shape index (κ1) is 12.7. The van der Waals surface area contributed by atoms with Gasteiger partial charge in [-0.05, 0) is 19.4 Å². The smallest absolute Gasteiger partial charge is 0.355 e. The molecule has 0 bridgehead atoms. The van der Waals surface area contributed by atoms with E-state index in [-0.39, 0.29) is 16.7 Å². The molecule has 0 saturated heterocycles. The molecule has 7 heteroatoms. The van der Waals surface area contributed by atoms with E-state index in [4.69, 9.17) is 9.88 Å². The molecule has 0 radical (unpaired) electrons. The van der Waals surface area contributed by atoms with Crippen molar-refractivity contribution in [2.75, 3.05) is 0 Å². The Morgan fingerprint density at radius 2 is 2.25 bits per heavy atom. The second-order valence-corrected chi connectivity index (χ2v) is 4.98. The van der Waals surface area contributed by atoms with Crippen molar-refractivity contribution < 1.29 is 17.9 Å². The summed E-state index contributed by atoms with van der Waals surface area (Å²) in [5, 5.41) is 4.90. The molecule has 0 saturated carbocycles. The molecule has 1 atom stereocenters. The van der Waals surface area contributed by atoms with Crippen LogP contribution in [0.1, 0.15) is 30.8 Å². The van der Waals surface area contributed by atoms with Gasteiger partial charge in [0, 0.05) is 6.20 Å². The number of carbonyl (C=O) groups is 1. The number of sulfonamides is 1. The standard InChI is InChI=1S/C9H14N2O4S/c1-3-6(2)15-9(12)8-4-7(5-11-8)16(10,13)14/h4-6,11H,3H2,1-2H3,(H2,10,13,14). The summed E-state index contributed by atoms with van der Waals surface area (Å²) in [5.41, 5.74) is 0.0734. The molecule has 1 aromatic rings. The molecule has 0 fully saturated rings. The molecule has 0 aromatic carbocycles. The predicted molar refractivity (Wildman–Crippen MR) is 57.3 cm³/mol. The van der Waals surface area contributed by atoms with Crippen LogP contribution in [0, 0.1) is 0 Å². The van der Waals surface area contributed by atoms with E-state index in [1.54, 1.807) is 6.92 Å². The third-order valence-corrected chi connectivity index (χ3v) is 2.98. The van der Waals surface area contributed by atoms with Gasteiger partial charge < -0.3 is 9.72 Å². The number of esters is 1. The predicted octanol–water partition coefficient (Wildman–Crippen LogP) is 0.617. The Bertz CT molecular complexity index is 477. The highest BCUT2D eigenvalue weighted by Gasteiger charge is 2.16. The van der Waals surface area contributed by atoms with Gasteiger partial charge in [-0.1, -0.05) is 6.92 Å². The van der Waals surface area contributed by atoms with Crippen LogP contribution in [0.25, 0.3) is 0 Å². The Kier molecular flexibility index (Phi) is 3.71. The second-order valence-electron chi connectivity index (χ2n) is 3.42. The monoisotopic (exact) mass is 246 g/mol. The molecule has 16 heavy (non-hydrogen) atoms. The number of H-pyrrole nitrogens is 1. The Labute approximate surface area is 93.8 Å². The quantitative estimate of drug-likeness (QED) is 0.760. The summed E-state index contributed by atoms with van der Waals surface area (Å²) in [6.07, 6.45) is 1.63. The summed E-state index contributed by atoms with van der Waals surface area (Å²) >= 11 is 0. The zero-order chi connectivity index (χ0) is 12.3. The summed E-state index contributed by atoms with van der Waals surface area (Å²) in [7, 11) is -3.79. The highest BCUT2D eigenvalue weighted by atomic mass is 32.2. The Morgan fingerprint density at radius 1 is 1.62 bits per heavy atom. The van der Waals surface area contributed by atoms with Crippen molar-refractivity contribution in [3.8, 4) is 0 Å². The van der Waals surface area contributed by atoms with Crippen LogP contribution < -0.4 is 5.14 Å². The summed E-state index contributed by atoms with van der Waals surface area (Å²) < 4.78 is 26.9. The van der Waals surface area contributed by atoms with Crippen molar-refractivity contribution in [1.29, 1.82) is 0 Å². The largest absolute Gasteiger partial charge is 0.458 e. The van der Waals surface area contributed by atoms with Crippen LogP contribution in [0.15, 0.2) is 17.2 Å². The zero-order valence-electron chi connectivity index (χ0n) is 9.06. The van der Waals surface area contributed by atoms with Crippen LogP contribution in [0.5, 0.6) is 0 Å². The van der Waals surface area contributed by atoms with Gasteiger partial charge >= 0.3 is 5.97 Å². The van der Waals surface area contributed by atoms with Crippen LogP contribution in [0.4, 0.5) is 0 Å². The molecule has 1 rings (SSSR count). The molecule has 0 spiro atoms. The third-order valence-electron chi connectivity index (χ3n) is 2.09. The van der Waals surface area contributed by atoms with Gasteiger partial charge in [-0.2, -0.15) is 0 Å². The molecular formula is C9H14N2O4S. The van der Waals surface area contributed by atoms with E-state index in [0.717, 1.165) is 12.3 Å². The fourth-order valence-electron chi connectivity index (χ4n) is 0.986. The van der Waals surface area contributed by atoms with E-state index in [0.29, 0.717) is 6.42 Å². The maximum absolute atomic E-state index is 11.5. The van der Waals surface area contributed by atoms with Crippen LogP contribution in [-0.2, 0) is 14.8 Å². The number of rotatable bonds is 4. The SMILES string of the molecule is CCC(C)OC(=O)c1cc(S(N)(=O)=O)c[nH]1. The molecular weight excluding hydrogens is 232 g/mol. The minimum absolute atomic E-state index is 0.0734. The van der Waals surface area contributed by atoms with Crippen LogP contribution in [-0.4, -0.2) is 25.5 Å². The maximum Gasteiger partial charge on any atom is 0.355 e. The second kappa shape index (κ2) is 4.67. The molecule has 0 aliphatic carbocycles. The van der Waals surface area contributed by atoms with Gasteiger partial charge in [0.25, 0.3) is 0 Å². The Hall–Kier alpha value is -1.34. The fourth-order valence-corrected chi connectivity index (χ4v) is 1.49. The summed E-state index contributed by atoms with van der Waals surface area (Å²) in [6.45, 7) is 3.63.